The molecule has 1 aliphatic heterocycles. The molecule has 138 valence electrons. The lowest BCUT2D eigenvalue weighted by atomic mass is 9.94. The van der Waals surface area contributed by atoms with Crippen LogP contribution in [0.3, 0.4) is 0 Å². The molecular weight excluding hydrogens is 304 g/mol. The van der Waals surface area contributed by atoms with Gasteiger partial charge in [0.05, 0.1) is 5.92 Å². The van der Waals surface area contributed by atoms with Gasteiger partial charge in [-0.25, -0.2) is 4.79 Å². The fourth-order valence-corrected chi connectivity index (χ4v) is 3.60. The minimum absolute atomic E-state index is 0.100. The van der Waals surface area contributed by atoms with Gasteiger partial charge < -0.3 is 15.0 Å². The molecule has 0 aromatic rings. The highest BCUT2D eigenvalue weighted by Gasteiger charge is 2.31. The molecule has 5 heteroatoms. The van der Waals surface area contributed by atoms with E-state index in [9.17, 15) is 9.59 Å². The normalized spacial score (nSPS) is 24.0. The molecule has 1 atom stereocenters. The van der Waals surface area contributed by atoms with E-state index in [0.29, 0.717) is 19.1 Å². The van der Waals surface area contributed by atoms with Crippen molar-refractivity contribution in [1.82, 2.24) is 10.2 Å². The Hall–Kier alpha value is -1.26. The van der Waals surface area contributed by atoms with Crippen molar-refractivity contribution in [3.05, 3.63) is 0 Å². The molecule has 1 aliphatic carbocycles. The van der Waals surface area contributed by atoms with E-state index in [4.69, 9.17) is 4.74 Å². The van der Waals surface area contributed by atoms with E-state index in [0.717, 1.165) is 25.7 Å². The first-order chi connectivity index (χ1) is 11.3. The van der Waals surface area contributed by atoms with Crippen LogP contribution in [0.5, 0.6) is 0 Å². The Morgan fingerprint density at radius 1 is 0.958 bits per heavy atom. The van der Waals surface area contributed by atoms with Crippen molar-refractivity contribution < 1.29 is 14.3 Å². The number of carbonyl (C=O) groups is 2. The van der Waals surface area contributed by atoms with E-state index in [-0.39, 0.29) is 17.9 Å². The highest BCUT2D eigenvalue weighted by molar-refractivity contribution is 5.80. The van der Waals surface area contributed by atoms with Crippen molar-refractivity contribution in [1.29, 1.82) is 0 Å². The summed E-state index contributed by atoms with van der Waals surface area (Å²) in [6.07, 6.45) is 9.91. The minimum Gasteiger partial charge on any atom is -0.444 e. The van der Waals surface area contributed by atoms with Gasteiger partial charge in [-0.05, 0) is 46.5 Å². The van der Waals surface area contributed by atoms with Crippen LogP contribution in [0, 0.1) is 5.92 Å². The maximum Gasteiger partial charge on any atom is 0.410 e. The van der Waals surface area contributed by atoms with Crippen LogP contribution in [0.1, 0.15) is 78.6 Å². The van der Waals surface area contributed by atoms with Gasteiger partial charge in [-0.3, -0.25) is 4.79 Å². The lowest BCUT2D eigenvalue weighted by Gasteiger charge is -2.34. The third-order valence-electron chi connectivity index (χ3n) is 4.90. The molecule has 0 aromatic carbocycles. The first kappa shape index (κ1) is 19.1. The number of hydrogen-bond acceptors (Lipinski definition) is 3. The van der Waals surface area contributed by atoms with Crippen LogP contribution in [0.25, 0.3) is 0 Å². The first-order valence-corrected chi connectivity index (χ1v) is 9.63. The maximum absolute atomic E-state index is 12.6. The van der Waals surface area contributed by atoms with E-state index >= 15 is 0 Å². The van der Waals surface area contributed by atoms with Crippen LogP contribution >= 0.6 is 0 Å². The van der Waals surface area contributed by atoms with Crippen LogP contribution in [0.4, 0.5) is 4.79 Å². The number of nitrogens with one attached hydrogen (secondary N) is 1. The molecule has 0 unspecified atom stereocenters. The van der Waals surface area contributed by atoms with Crippen LogP contribution in [-0.4, -0.2) is 41.6 Å². The van der Waals surface area contributed by atoms with Gasteiger partial charge in [0.2, 0.25) is 5.91 Å². The summed E-state index contributed by atoms with van der Waals surface area (Å²) in [4.78, 5) is 26.5. The molecule has 0 aromatic heterocycles. The monoisotopic (exact) mass is 338 g/mol. The zero-order valence-corrected chi connectivity index (χ0v) is 15.6. The molecule has 1 saturated heterocycles. The highest BCUT2D eigenvalue weighted by Crippen LogP contribution is 2.21. The molecule has 24 heavy (non-hydrogen) atoms. The van der Waals surface area contributed by atoms with Gasteiger partial charge in [0.25, 0.3) is 0 Å². The summed E-state index contributed by atoms with van der Waals surface area (Å²) in [5.74, 6) is 0.0190. The third kappa shape index (κ3) is 6.33. The average Bonchev–Trinajstić information content (AvgIpc) is 2.48. The van der Waals surface area contributed by atoms with Gasteiger partial charge in [-0.15, -0.1) is 0 Å². The Kier molecular flexibility index (Phi) is 6.93. The lowest BCUT2D eigenvalue weighted by Crippen LogP contribution is -2.48. The Morgan fingerprint density at radius 3 is 2.21 bits per heavy atom. The standard InChI is InChI=1S/C19H34N2O3/c1-19(2,3)24-18(23)21-13-9-10-15(14-21)17(22)20-16-11-7-5-4-6-8-12-16/h15-16H,4-14H2,1-3H3,(H,20,22)/t15-/m0/s1. The second-order valence-corrected chi connectivity index (χ2v) is 8.32. The van der Waals surface area contributed by atoms with Gasteiger partial charge >= 0.3 is 6.09 Å². The highest BCUT2D eigenvalue weighted by atomic mass is 16.6. The van der Waals surface area contributed by atoms with Crippen molar-refractivity contribution in [3.8, 4) is 0 Å². The molecule has 1 heterocycles. The minimum atomic E-state index is -0.495. The molecule has 2 amide bonds. The number of rotatable bonds is 2. The molecule has 1 N–H and O–H groups in total. The molecular formula is C19H34N2O3. The SMILES string of the molecule is CC(C)(C)OC(=O)N1CCC[C@H](C(=O)NC2CCCCCCC2)C1. The van der Waals surface area contributed by atoms with Crippen LogP contribution in [0.15, 0.2) is 0 Å². The van der Waals surface area contributed by atoms with Gasteiger partial charge in [-0.1, -0.05) is 32.1 Å². The number of piperidine rings is 1. The van der Waals surface area contributed by atoms with E-state index in [1.165, 1.54) is 32.1 Å². The average molecular weight is 338 g/mol. The Balaban J connectivity index is 1.84. The van der Waals surface area contributed by atoms with E-state index < -0.39 is 5.60 Å². The topological polar surface area (TPSA) is 58.6 Å². The van der Waals surface area contributed by atoms with Crippen molar-refractivity contribution in [3.63, 3.8) is 0 Å². The van der Waals surface area contributed by atoms with Gasteiger partial charge in [0.1, 0.15) is 5.60 Å². The van der Waals surface area contributed by atoms with Crippen LogP contribution < -0.4 is 5.32 Å². The largest absolute Gasteiger partial charge is 0.444 e. The summed E-state index contributed by atoms with van der Waals surface area (Å²) < 4.78 is 5.44. The second kappa shape index (κ2) is 8.72. The van der Waals surface area contributed by atoms with E-state index in [1.54, 1.807) is 4.90 Å². The Labute approximate surface area is 146 Å². The number of likely N-dealkylation sites (tertiary alicyclic amines) is 1. The van der Waals surface area contributed by atoms with Gasteiger partial charge in [-0.2, -0.15) is 0 Å². The molecule has 5 nitrogen and oxygen atoms in total. The smallest absolute Gasteiger partial charge is 0.410 e. The fourth-order valence-electron chi connectivity index (χ4n) is 3.60. The van der Waals surface area contributed by atoms with Gasteiger partial charge in [0, 0.05) is 19.1 Å². The Morgan fingerprint density at radius 2 is 1.58 bits per heavy atom. The van der Waals surface area contributed by atoms with Gasteiger partial charge in [0.15, 0.2) is 0 Å². The lowest BCUT2D eigenvalue weighted by molar-refractivity contribution is -0.127. The molecule has 2 rings (SSSR count). The second-order valence-electron chi connectivity index (χ2n) is 8.32. The Bertz CT molecular complexity index is 423. The summed E-state index contributed by atoms with van der Waals surface area (Å²) in [5.41, 5.74) is -0.495. The predicted octanol–water partition coefficient (Wildman–Crippen LogP) is 3.86. The maximum atomic E-state index is 12.6. The molecule has 0 radical (unpaired) electrons. The summed E-state index contributed by atoms with van der Waals surface area (Å²) in [6, 6.07) is 0.315. The predicted molar refractivity (Wildman–Crippen MR) is 94.8 cm³/mol. The number of amides is 2. The zero-order chi connectivity index (χ0) is 17.6. The third-order valence-corrected chi connectivity index (χ3v) is 4.90. The number of carbonyl (C=O) groups excluding carboxylic acids is 2. The fraction of sp³-hybridized carbons (Fsp3) is 0.895. The summed E-state index contributed by atoms with van der Waals surface area (Å²) >= 11 is 0. The summed E-state index contributed by atoms with van der Waals surface area (Å²) in [5, 5.41) is 3.25. The van der Waals surface area contributed by atoms with Crippen LogP contribution in [0.2, 0.25) is 0 Å². The van der Waals surface area contributed by atoms with Crippen molar-refractivity contribution in [2.75, 3.05) is 13.1 Å². The van der Waals surface area contributed by atoms with Crippen molar-refractivity contribution >= 4 is 12.0 Å². The summed E-state index contributed by atoms with van der Waals surface area (Å²) in [7, 11) is 0. The van der Waals surface area contributed by atoms with E-state index in [2.05, 4.69) is 5.32 Å². The van der Waals surface area contributed by atoms with Crippen molar-refractivity contribution in [2.24, 2.45) is 5.92 Å². The number of nitrogens with zero attached hydrogens (tertiary/aromatic N) is 1. The van der Waals surface area contributed by atoms with Crippen molar-refractivity contribution in [2.45, 2.75) is 90.2 Å². The quantitative estimate of drug-likeness (QED) is 0.831. The first-order valence-electron chi connectivity index (χ1n) is 9.63. The zero-order valence-electron chi connectivity index (χ0n) is 15.6. The molecule has 0 spiro atoms. The number of hydrogen-bond donors (Lipinski definition) is 1. The van der Waals surface area contributed by atoms with E-state index in [1.807, 2.05) is 20.8 Å². The molecule has 2 aliphatic rings. The molecule has 2 fully saturated rings. The molecule has 0 bridgehead atoms. The number of ether oxygens (including phenoxy) is 1. The van der Waals surface area contributed by atoms with Crippen LogP contribution in [-0.2, 0) is 9.53 Å². The summed E-state index contributed by atoms with van der Waals surface area (Å²) in [6.45, 7) is 6.77. The molecule has 1 saturated carbocycles.